The molecule has 8 heteroatoms. The monoisotopic (exact) mass is 266 g/mol. The zero-order chi connectivity index (χ0) is 13.1. The van der Waals surface area contributed by atoms with E-state index in [1.807, 2.05) is 0 Å². The van der Waals surface area contributed by atoms with Crippen molar-refractivity contribution in [3.8, 4) is 5.88 Å². The van der Waals surface area contributed by atoms with E-state index in [0.717, 1.165) is 0 Å². The smallest absolute Gasteiger partial charge is 0.283 e. The minimum Gasteiger partial charge on any atom is -0.493 e. The summed E-state index contributed by atoms with van der Waals surface area (Å²) < 4.78 is 13.2. The Bertz CT molecular complexity index is 722. The van der Waals surface area contributed by atoms with E-state index in [1.165, 1.54) is 18.2 Å². The van der Waals surface area contributed by atoms with Crippen LogP contribution < -0.4 is 5.56 Å². The summed E-state index contributed by atoms with van der Waals surface area (Å²) in [5, 5.41) is 16.5. The van der Waals surface area contributed by atoms with Crippen LogP contribution in [0.15, 0.2) is 39.3 Å². The largest absolute Gasteiger partial charge is 0.493 e. The second-order valence-electron chi connectivity index (χ2n) is 3.26. The van der Waals surface area contributed by atoms with Crippen LogP contribution in [0.1, 0.15) is 0 Å². The fraction of sp³-hybridized carbons (Fsp3) is 0. The molecule has 0 fully saturated rings. The van der Waals surface area contributed by atoms with E-state index < -0.39 is 17.3 Å². The topological polar surface area (TPSA) is 93.6 Å². The first kappa shape index (κ1) is 12.1. The van der Waals surface area contributed by atoms with Crippen molar-refractivity contribution in [2.24, 2.45) is 10.2 Å². The number of aromatic amines is 2. The third-order valence-electron chi connectivity index (χ3n) is 2.01. The van der Waals surface area contributed by atoms with E-state index in [1.54, 1.807) is 6.07 Å². The molecule has 92 valence electrons. The van der Waals surface area contributed by atoms with Gasteiger partial charge in [0.25, 0.3) is 5.56 Å². The molecule has 0 saturated heterocycles. The molecule has 1 aromatic carbocycles. The zero-order valence-electron chi connectivity index (χ0n) is 8.85. The van der Waals surface area contributed by atoms with Crippen molar-refractivity contribution in [3.63, 3.8) is 0 Å². The van der Waals surface area contributed by atoms with Gasteiger partial charge in [0.2, 0.25) is 11.6 Å². The lowest BCUT2D eigenvalue weighted by Crippen LogP contribution is -2.06. The zero-order valence-corrected chi connectivity index (χ0v) is 9.66. The van der Waals surface area contributed by atoms with Crippen molar-refractivity contribution >= 4 is 23.6 Å². The second kappa shape index (κ2) is 4.88. The van der Waals surface area contributed by atoms with Crippen LogP contribution in [-0.4, -0.2) is 15.1 Å². The van der Waals surface area contributed by atoms with Crippen LogP contribution in [0.5, 0.6) is 5.88 Å². The van der Waals surface area contributed by atoms with Crippen molar-refractivity contribution in [1.82, 2.24) is 9.97 Å². The lowest BCUT2D eigenvalue weighted by molar-refractivity contribution is 0.451. The highest BCUT2D eigenvalue weighted by Crippen LogP contribution is 2.22. The molecule has 1 heterocycles. The minimum absolute atomic E-state index is 0.0395. The van der Waals surface area contributed by atoms with Gasteiger partial charge >= 0.3 is 0 Å². The summed E-state index contributed by atoms with van der Waals surface area (Å²) in [6, 6.07) is 5.66. The molecule has 0 saturated carbocycles. The summed E-state index contributed by atoms with van der Waals surface area (Å²) in [5.41, 5.74) is -1.12. The van der Waals surface area contributed by atoms with Gasteiger partial charge in [-0.05, 0) is 24.4 Å². The van der Waals surface area contributed by atoms with Gasteiger partial charge in [-0.15, -0.1) is 10.2 Å². The van der Waals surface area contributed by atoms with Crippen molar-refractivity contribution in [2.75, 3.05) is 0 Å². The Labute approximate surface area is 105 Å². The number of rotatable bonds is 2. The Morgan fingerprint density at radius 3 is 2.61 bits per heavy atom. The van der Waals surface area contributed by atoms with E-state index in [-0.39, 0.29) is 16.1 Å². The molecule has 0 spiro atoms. The Morgan fingerprint density at radius 1 is 1.22 bits per heavy atom. The van der Waals surface area contributed by atoms with Gasteiger partial charge in [0, 0.05) is 0 Å². The minimum atomic E-state index is -0.712. The fourth-order valence-corrected chi connectivity index (χ4v) is 1.39. The highest BCUT2D eigenvalue weighted by molar-refractivity contribution is 7.71. The molecule has 1 aromatic heterocycles. The van der Waals surface area contributed by atoms with Crippen LogP contribution in [0.25, 0.3) is 0 Å². The van der Waals surface area contributed by atoms with Crippen LogP contribution in [0.2, 0.25) is 0 Å². The van der Waals surface area contributed by atoms with Gasteiger partial charge in [-0.25, -0.2) is 4.39 Å². The Hall–Kier alpha value is -2.35. The lowest BCUT2D eigenvalue weighted by Gasteiger charge is -1.97. The van der Waals surface area contributed by atoms with Crippen LogP contribution in [0.4, 0.5) is 15.8 Å². The molecule has 0 aliphatic heterocycles. The standard InChI is InChI=1S/C10H7FN4O2S/c11-5-3-1-2-4-6(5)14-15-7-8(16)12-10(18)13-9(7)17/h1-4H,(H3,12,13,16,17,18). The van der Waals surface area contributed by atoms with Gasteiger partial charge in [-0.1, -0.05) is 12.1 Å². The van der Waals surface area contributed by atoms with E-state index in [0.29, 0.717) is 0 Å². The first-order valence-electron chi connectivity index (χ1n) is 4.80. The van der Waals surface area contributed by atoms with Crippen molar-refractivity contribution < 1.29 is 9.50 Å². The Kier molecular flexibility index (Phi) is 3.28. The highest BCUT2D eigenvalue weighted by atomic mass is 32.1. The summed E-state index contributed by atoms with van der Waals surface area (Å²) in [7, 11) is 0. The molecule has 2 rings (SSSR count). The van der Waals surface area contributed by atoms with Gasteiger partial charge in [-0.3, -0.25) is 9.78 Å². The molecule has 0 amide bonds. The molecule has 0 radical (unpaired) electrons. The molecule has 0 aliphatic rings. The quantitative estimate of drug-likeness (QED) is 0.576. The molecular formula is C10H7FN4O2S. The maximum absolute atomic E-state index is 13.2. The summed E-state index contributed by atoms with van der Waals surface area (Å²) in [4.78, 5) is 15.9. The number of hydrogen-bond acceptors (Lipinski definition) is 5. The van der Waals surface area contributed by atoms with E-state index in [9.17, 15) is 14.3 Å². The molecule has 3 N–H and O–H groups in total. The first-order valence-corrected chi connectivity index (χ1v) is 5.20. The van der Waals surface area contributed by atoms with Crippen LogP contribution in [0, 0.1) is 10.6 Å². The first-order chi connectivity index (χ1) is 8.58. The molecular weight excluding hydrogens is 259 g/mol. The molecule has 18 heavy (non-hydrogen) atoms. The maximum atomic E-state index is 13.2. The number of benzene rings is 1. The summed E-state index contributed by atoms with van der Waals surface area (Å²) in [6.07, 6.45) is 0. The number of nitrogens with zero attached hydrogens (tertiary/aromatic N) is 2. The lowest BCUT2D eigenvalue weighted by atomic mass is 10.3. The summed E-state index contributed by atoms with van der Waals surface area (Å²) in [6.45, 7) is 0. The number of hydrogen-bond donors (Lipinski definition) is 3. The predicted octanol–water partition coefficient (Wildman–Crippen LogP) is 2.69. The SMILES string of the molecule is O=c1[nH]c(=S)[nH]c(O)c1N=Nc1ccccc1F. The number of azo groups is 1. The molecule has 0 bridgehead atoms. The van der Waals surface area contributed by atoms with Crippen molar-refractivity contribution in [1.29, 1.82) is 0 Å². The van der Waals surface area contributed by atoms with Gasteiger partial charge in [0.15, 0.2) is 10.6 Å². The summed E-state index contributed by atoms with van der Waals surface area (Å²) in [5.74, 6) is -1.11. The van der Waals surface area contributed by atoms with Crippen LogP contribution in [0.3, 0.4) is 0 Å². The third kappa shape index (κ3) is 2.48. The fourth-order valence-electron chi connectivity index (χ4n) is 1.20. The Morgan fingerprint density at radius 2 is 1.94 bits per heavy atom. The maximum Gasteiger partial charge on any atom is 0.283 e. The molecule has 0 aliphatic carbocycles. The van der Waals surface area contributed by atoms with E-state index in [2.05, 4.69) is 32.4 Å². The number of aromatic nitrogens is 2. The van der Waals surface area contributed by atoms with Crippen LogP contribution >= 0.6 is 12.2 Å². The van der Waals surface area contributed by atoms with E-state index in [4.69, 9.17) is 0 Å². The molecule has 0 atom stereocenters. The van der Waals surface area contributed by atoms with Crippen LogP contribution in [-0.2, 0) is 0 Å². The predicted molar refractivity (Wildman–Crippen MR) is 64.5 cm³/mol. The molecule has 6 nitrogen and oxygen atoms in total. The van der Waals surface area contributed by atoms with Gasteiger partial charge < -0.3 is 10.1 Å². The average Bonchev–Trinajstić information content (AvgIpc) is 2.30. The van der Waals surface area contributed by atoms with Gasteiger partial charge in [-0.2, -0.15) is 0 Å². The number of halogens is 1. The summed E-state index contributed by atoms with van der Waals surface area (Å²) >= 11 is 4.64. The van der Waals surface area contributed by atoms with Gasteiger partial charge in [0.1, 0.15) is 5.69 Å². The second-order valence-corrected chi connectivity index (χ2v) is 3.67. The third-order valence-corrected chi connectivity index (χ3v) is 2.21. The molecule has 2 aromatic rings. The van der Waals surface area contributed by atoms with E-state index >= 15 is 0 Å². The van der Waals surface area contributed by atoms with Crippen molar-refractivity contribution in [3.05, 3.63) is 45.2 Å². The van der Waals surface area contributed by atoms with Gasteiger partial charge in [0.05, 0.1) is 0 Å². The van der Waals surface area contributed by atoms with Crippen molar-refractivity contribution in [2.45, 2.75) is 0 Å². The number of nitrogens with one attached hydrogen (secondary N) is 2. The normalized spacial score (nSPS) is 10.9. The molecule has 0 unspecified atom stereocenters. The number of H-pyrrole nitrogens is 2. The average molecular weight is 266 g/mol. The highest BCUT2D eigenvalue weighted by Gasteiger charge is 2.06. The number of aromatic hydroxyl groups is 1. The Balaban J connectivity index is 2.45.